The maximum absolute atomic E-state index is 12.1. The first-order valence-electron chi connectivity index (χ1n) is 5.38. The number of methoxy groups -OCH3 is 1. The third-order valence-electron chi connectivity index (χ3n) is 2.32. The Kier molecular flexibility index (Phi) is 5.84. The fraction of sp³-hybridized carbons (Fsp3) is 0.400. The number of halogens is 1. The largest absolute Gasteiger partial charge is 0.395 e. The van der Waals surface area contributed by atoms with E-state index in [2.05, 4.69) is 4.72 Å². The summed E-state index contributed by atoms with van der Waals surface area (Å²) >= 11 is 5.61. The molecule has 0 spiro atoms. The standard InChI is InChI=1S/C10H13ClN2O6S/c1-19-6-8(5-14)12-20(17,18)10-3-2-7(11)4-9(10)13(15)16/h2-4,8,12,14H,5-6H2,1H3. The number of ether oxygens (including phenoxy) is 1. The predicted octanol–water partition coefficient (Wildman–Crippen LogP) is 0.534. The van der Waals surface area contributed by atoms with Crippen molar-refractivity contribution in [3.05, 3.63) is 33.3 Å². The molecule has 2 N–H and O–H groups in total. The molecule has 112 valence electrons. The molecule has 0 aliphatic heterocycles. The molecule has 0 fully saturated rings. The Bertz CT molecular complexity index is 591. The van der Waals surface area contributed by atoms with Crippen molar-refractivity contribution in [2.24, 2.45) is 0 Å². The lowest BCUT2D eigenvalue weighted by Crippen LogP contribution is -2.40. The second-order valence-electron chi connectivity index (χ2n) is 3.83. The minimum Gasteiger partial charge on any atom is -0.395 e. The van der Waals surface area contributed by atoms with Crippen LogP contribution in [0.5, 0.6) is 0 Å². The topological polar surface area (TPSA) is 119 Å². The Morgan fingerprint density at radius 3 is 2.70 bits per heavy atom. The lowest BCUT2D eigenvalue weighted by Gasteiger charge is -2.15. The number of benzene rings is 1. The summed E-state index contributed by atoms with van der Waals surface area (Å²) in [6.45, 7) is -0.578. The van der Waals surface area contributed by atoms with Gasteiger partial charge in [0.2, 0.25) is 10.0 Å². The summed E-state index contributed by atoms with van der Waals surface area (Å²) in [5, 5.41) is 20.0. The maximum Gasteiger partial charge on any atom is 0.290 e. The minimum atomic E-state index is -4.18. The van der Waals surface area contributed by atoms with Gasteiger partial charge in [-0.25, -0.2) is 13.1 Å². The number of rotatable bonds is 7. The first-order chi connectivity index (χ1) is 9.31. The summed E-state index contributed by atoms with van der Waals surface area (Å²) in [6, 6.07) is 2.30. The number of nitro benzene ring substituents is 1. The molecule has 0 aromatic heterocycles. The van der Waals surface area contributed by atoms with E-state index in [0.29, 0.717) is 0 Å². The van der Waals surface area contributed by atoms with Crippen molar-refractivity contribution in [1.82, 2.24) is 4.72 Å². The highest BCUT2D eigenvalue weighted by molar-refractivity contribution is 7.89. The van der Waals surface area contributed by atoms with E-state index in [0.717, 1.165) is 12.1 Å². The van der Waals surface area contributed by atoms with E-state index in [4.69, 9.17) is 21.4 Å². The van der Waals surface area contributed by atoms with E-state index < -0.39 is 38.2 Å². The van der Waals surface area contributed by atoms with E-state index in [9.17, 15) is 18.5 Å². The van der Waals surface area contributed by atoms with Crippen molar-refractivity contribution >= 4 is 27.3 Å². The van der Waals surface area contributed by atoms with Crippen LogP contribution in [0.1, 0.15) is 0 Å². The highest BCUT2D eigenvalue weighted by atomic mass is 35.5. The molecule has 0 saturated carbocycles. The number of hydrogen-bond donors (Lipinski definition) is 2. The Morgan fingerprint density at radius 1 is 1.55 bits per heavy atom. The van der Waals surface area contributed by atoms with E-state index in [1.807, 2.05) is 0 Å². The summed E-state index contributed by atoms with van der Waals surface area (Å²) in [6.07, 6.45) is 0. The van der Waals surface area contributed by atoms with Gasteiger partial charge in [-0.3, -0.25) is 10.1 Å². The molecule has 0 heterocycles. The number of nitrogens with one attached hydrogen (secondary N) is 1. The number of hydrogen-bond acceptors (Lipinski definition) is 6. The Morgan fingerprint density at radius 2 is 2.20 bits per heavy atom. The molecule has 10 heteroatoms. The molecular formula is C10H13ClN2O6S. The van der Waals surface area contributed by atoms with Gasteiger partial charge in [-0.05, 0) is 12.1 Å². The van der Waals surface area contributed by atoms with Gasteiger partial charge in [-0.15, -0.1) is 0 Å². The van der Waals surface area contributed by atoms with E-state index in [1.165, 1.54) is 13.2 Å². The fourth-order valence-corrected chi connectivity index (χ4v) is 3.00. The Labute approximate surface area is 120 Å². The Balaban J connectivity index is 3.18. The van der Waals surface area contributed by atoms with E-state index in [1.54, 1.807) is 0 Å². The summed E-state index contributed by atoms with van der Waals surface area (Å²) in [4.78, 5) is 9.51. The maximum atomic E-state index is 12.1. The molecular weight excluding hydrogens is 312 g/mol. The van der Waals surface area contributed by atoms with Crippen molar-refractivity contribution in [3.8, 4) is 0 Å². The third-order valence-corrected chi connectivity index (χ3v) is 4.12. The molecule has 20 heavy (non-hydrogen) atoms. The molecule has 0 aliphatic rings. The van der Waals surface area contributed by atoms with Crippen LogP contribution in [-0.4, -0.2) is 44.8 Å². The van der Waals surface area contributed by atoms with Crippen LogP contribution in [0.4, 0.5) is 5.69 Å². The normalized spacial score (nSPS) is 13.2. The van der Waals surface area contributed by atoms with Gasteiger partial charge in [0.1, 0.15) is 0 Å². The van der Waals surface area contributed by atoms with Gasteiger partial charge < -0.3 is 9.84 Å². The number of aliphatic hydroxyl groups is 1. The second-order valence-corrected chi connectivity index (χ2v) is 5.94. The van der Waals surface area contributed by atoms with Gasteiger partial charge in [-0.1, -0.05) is 11.6 Å². The lowest BCUT2D eigenvalue weighted by molar-refractivity contribution is -0.387. The van der Waals surface area contributed by atoms with Gasteiger partial charge in [0.05, 0.1) is 24.2 Å². The zero-order valence-electron chi connectivity index (χ0n) is 10.4. The van der Waals surface area contributed by atoms with Crippen molar-refractivity contribution in [2.45, 2.75) is 10.9 Å². The van der Waals surface area contributed by atoms with Crippen LogP contribution in [-0.2, 0) is 14.8 Å². The zero-order valence-corrected chi connectivity index (χ0v) is 12.0. The van der Waals surface area contributed by atoms with Crippen molar-refractivity contribution < 1.29 is 23.2 Å². The van der Waals surface area contributed by atoms with E-state index >= 15 is 0 Å². The average Bonchev–Trinajstić information content (AvgIpc) is 2.37. The Hall–Kier alpha value is -1.26. The molecule has 8 nitrogen and oxygen atoms in total. The molecule has 0 saturated heterocycles. The summed E-state index contributed by atoms with van der Waals surface area (Å²) in [5.41, 5.74) is -0.640. The zero-order chi connectivity index (χ0) is 15.3. The molecule has 1 aromatic rings. The molecule has 1 atom stereocenters. The van der Waals surface area contributed by atoms with Crippen LogP contribution in [0.15, 0.2) is 23.1 Å². The highest BCUT2D eigenvalue weighted by Gasteiger charge is 2.28. The SMILES string of the molecule is COCC(CO)NS(=O)(=O)c1ccc(Cl)cc1[N+](=O)[O-]. The van der Waals surface area contributed by atoms with Crippen LogP contribution in [0.25, 0.3) is 0 Å². The van der Waals surface area contributed by atoms with E-state index in [-0.39, 0.29) is 11.6 Å². The predicted molar refractivity (Wildman–Crippen MR) is 71.2 cm³/mol. The summed E-state index contributed by atoms with van der Waals surface area (Å²) < 4.78 is 31.0. The molecule has 0 radical (unpaired) electrons. The van der Waals surface area contributed by atoms with Crippen molar-refractivity contribution in [1.29, 1.82) is 0 Å². The van der Waals surface area contributed by atoms with Gasteiger partial charge in [0, 0.05) is 18.2 Å². The van der Waals surface area contributed by atoms with Crippen LogP contribution in [0.3, 0.4) is 0 Å². The van der Waals surface area contributed by atoms with Crippen LogP contribution in [0, 0.1) is 10.1 Å². The molecule has 0 amide bonds. The minimum absolute atomic E-state index is 0.0475. The molecule has 1 aromatic carbocycles. The lowest BCUT2D eigenvalue weighted by atomic mass is 10.3. The monoisotopic (exact) mass is 324 g/mol. The van der Waals surface area contributed by atoms with Gasteiger partial charge >= 0.3 is 0 Å². The number of nitrogens with zero attached hydrogens (tertiary/aromatic N) is 1. The van der Waals surface area contributed by atoms with Crippen molar-refractivity contribution in [3.63, 3.8) is 0 Å². The average molecular weight is 325 g/mol. The molecule has 1 unspecified atom stereocenters. The van der Waals surface area contributed by atoms with Gasteiger partial charge in [0.15, 0.2) is 4.90 Å². The number of aliphatic hydroxyl groups excluding tert-OH is 1. The quantitative estimate of drug-likeness (QED) is 0.558. The third kappa shape index (κ3) is 4.12. The highest BCUT2D eigenvalue weighted by Crippen LogP contribution is 2.27. The van der Waals surface area contributed by atoms with Gasteiger partial charge in [-0.2, -0.15) is 0 Å². The van der Waals surface area contributed by atoms with Crippen LogP contribution in [0.2, 0.25) is 5.02 Å². The number of nitro groups is 1. The molecule has 0 aliphatic carbocycles. The number of sulfonamides is 1. The van der Waals surface area contributed by atoms with Crippen LogP contribution >= 0.6 is 11.6 Å². The molecule has 1 rings (SSSR count). The van der Waals surface area contributed by atoms with Crippen LogP contribution < -0.4 is 4.72 Å². The smallest absolute Gasteiger partial charge is 0.290 e. The second kappa shape index (κ2) is 6.95. The van der Waals surface area contributed by atoms with Gasteiger partial charge in [0.25, 0.3) is 5.69 Å². The first kappa shape index (κ1) is 16.8. The van der Waals surface area contributed by atoms with Crippen molar-refractivity contribution in [2.75, 3.05) is 20.3 Å². The first-order valence-corrected chi connectivity index (χ1v) is 7.24. The summed E-state index contributed by atoms with van der Waals surface area (Å²) in [5.74, 6) is 0. The molecule has 0 bridgehead atoms. The summed E-state index contributed by atoms with van der Waals surface area (Å²) in [7, 11) is -2.84. The fourth-order valence-electron chi connectivity index (χ4n) is 1.47.